The molecule has 1 saturated heterocycles. The van der Waals surface area contributed by atoms with E-state index in [2.05, 4.69) is 60.0 Å². The molecule has 0 spiro atoms. The van der Waals surface area contributed by atoms with Crippen LogP contribution >= 0.6 is 11.3 Å². The molecule has 0 bridgehead atoms. The van der Waals surface area contributed by atoms with Crippen molar-refractivity contribution < 1.29 is 9.84 Å². The second-order valence-corrected chi connectivity index (χ2v) is 7.78. The molecule has 0 amide bonds. The van der Waals surface area contributed by atoms with Gasteiger partial charge in [0.25, 0.3) is 0 Å². The van der Waals surface area contributed by atoms with Gasteiger partial charge in [0.15, 0.2) is 0 Å². The standard InChI is InChI=1S/C18H22N4O2S/c1-11-4-6-14(7-5-11)15(21-8-12(2)24-13(3)9-21)16-17(23)22-18(25-16)19-10-20-22/h4-7,10,12-13,15,23H,8-9H2,1-3H3. The smallest absolute Gasteiger partial charge is 0.230 e. The van der Waals surface area contributed by atoms with Crippen molar-refractivity contribution in [3.05, 3.63) is 46.6 Å². The van der Waals surface area contributed by atoms with Gasteiger partial charge in [-0.15, -0.1) is 0 Å². The number of aromatic hydroxyl groups is 1. The molecule has 4 rings (SSSR count). The third-order valence-corrected chi connectivity index (χ3v) is 5.68. The van der Waals surface area contributed by atoms with Crippen molar-refractivity contribution in [1.82, 2.24) is 19.5 Å². The van der Waals surface area contributed by atoms with Crippen LogP contribution in [0.5, 0.6) is 5.88 Å². The van der Waals surface area contributed by atoms with Gasteiger partial charge in [-0.1, -0.05) is 41.2 Å². The Balaban J connectivity index is 1.81. The SMILES string of the molecule is Cc1ccc(C(c2sc3ncnn3c2O)N2CC(C)OC(C)C2)cc1. The van der Waals surface area contributed by atoms with E-state index in [0.29, 0.717) is 4.96 Å². The summed E-state index contributed by atoms with van der Waals surface area (Å²) in [5, 5.41) is 14.9. The lowest BCUT2D eigenvalue weighted by Gasteiger charge is -2.40. The lowest BCUT2D eigenvalue weighted by molar-refractivity contribution is -0.0764. The molecule has 3 unspecified atom stereocenters. The molecule has 25 heavy (non-hydrogen) atoms. The maximum absolute atomic E-state index is 10.7. The number of aryl methyl sites for hydroxylation is 1. The number of thiazole rings is 1. The summed E-state index contributed by atoms with van der Waals surface area (Å²) in [5.74, 6) is 0.176. The van der Waals surface area contributed by atoms with Crippen molar-refractivity contribution in [2.24, 2.45) is 0 Å². The second kappa shape index (κ2) is 6.40. The van der Waals surface area contributed by atoms with E-state index in [4.69, 9.17) is 4.74 Å². The molecule has 0 radical (unpaired) electrons. The van der Waals surface area contributed by atoms with Gasteiger partial charge < -0.3 is 9.84 Å². The van der Waals surface area contributed by atoms with E-state index in [1.165, 1.54) is 27.7 Å². The van der Waals surface area contributed by atoms with Crippen LogP contribution in [0.4, 0.5) is 0 Å². The van der Waals surface area contributed by atoms with E-state index < -0.39 is 0 Å². The Labute approximate surface area is 150 Å². The Morgan fingerprint density at radius 3 is 2.52 bits per heavy atom. The third-order valence-electron chi connectivity index (χ3n) is 4.59. The Kier molecular flexibility index (Phi) is 4.23. The van der Waals surface area contributed by atoms with Crippen molar-refractivity contribution in [2.75, 3.05) is 13.1 Å². The van der Waals surface area contributed by atoms with Gasteiger partial charge in [0.05, 0.1) is 23.1 Å². The number of ether oxygens (including phenoxy) is 1. The minimum Gasteiger partial charge on any atom is -0.492 e. The van der Waals surface area contributed by atoms with E-state index >= 15 is 0 Å². The fraction of sp³-hybridized carbons (Fsp3) is 0.444. The fourth-order valence-corrected chi connectivity index (χ4v) is 4.67. The largest absolute Gasteiger partial charge is 0.492 e. The van der Waals surface area contributed by atoms with Crippen LogP contribution in [0.15, 0.2) is 30.6 Å². The summed E-state index contributed by atoms with van der Waals surface area (Å²) in [6, 6.07) is 8.47. The number of hydrogen-bond donors (Lipinski definition) is 1. The number of hydrogen-bond acceptors (Lipinski definition) is 6. The predicted molar refractivity (Wildman–Crippen MR) is 97.1 cm³/mol. The average molecular weight is 358 g/mol. The van der Waals surface area contributed by atoms with Crippen LogP contribution in [0.2, 0.25) is 0 Å². The number of morpholine rings is 1. The molecule has 2 aromatic heterocycles. The summed E-state index contributed by atoms with van der Waals surface area (Å²) in [4.78, 5) is 8.20. The molecule has 1 aliphatic heterocycles. The molecule has 0 aliphatic carbocycles. The molecule has 132 valence electrons. The lowest BCUT2D eigenvalue weighted by Crippen LogP contribution is -2.47. The van der Waals surface area contributed by atoms with Crippen LogP contribution in [0.25, 0.3) is 4.96 Å². The summed E-state index contributed by atoms with van der Waals surface area (Å²) in [5.41, 5.74) is 2.38. The van der Waals surface area contributed by atoms with E-state index in [9.17, 15) is 5.11 Å². The molecule has 3 atom stereocenters. The van der Waals surface area contributed by atoms with Crippen LogP contribution in [-0.4, -0.2) is 49.9 Å². The zero-order valence-electron chi connectivity index (χ0n) is 14.6. The third kappa shape index (κ3) is 3.03. The van der Waals surface area contributed by atoms with E-state index in [-0.39, 0.29) is 24.1 Å². The van der Waals surface area contributed by atoms with Crippen LogP contribution in [0.3, 0.4) is 0 Å². The second-order valence-electron chi connectivity index (χ2n) is 6.77. The van der Waals surface area contributed by atoms with Crippen molar-refractivity contribution in [1.29, 1.82) is 0 Å². The Hall–Kier alpha value is -1.96. The first-order chi connectivity index (χ1) is 12.0. The first-order valence-corrected chi connectivity index (χ1v) is 9.32. The lowest BCUT2D eigenvalue weighted by atomic mass is 10.0. The van der Waals surface area contributed by atoms with Crippen LogP contribution < -0.4 is 0 Å². The predicted octanol–water partition coefficient (Wildman–Crippen LogP) is 3.00. The average Bonchev–Trinajstić information content (AvgIpc) is 3.13. The summed E-state index contributed by atoms with van der Waals surface area (Å²) < 4.78 is 7.41. The number of rotatable bonds is 3. The summed E-state index contributed by atoms with van der Waals surface area (Å²) in [6.07, 6.45) is 1.77. The van der Waals surface area contributed by atoms with Gasteiger partial charge in [0, 0.05) is 13.1 Å². The first kappa shape index (κ1) is 16.5. The van der Waals surface area contributed by atoms with Gasteiger partial charge in [-0.25, -0.2) is 4.98 Å². The van der Waals surface area contributed by atoms with Crippen LogP contribution in [0, 0.1) is 6.92 Å². The summed E-state index contributed by atoms with van der Waals surface area (Å²) >= 11 is 1.49. The highest BCUT2D eigenvalue weighted by atomic mass is 32.1. The number of fused-ring (bicyclic) bond motifs is 1. The molecule has 3 aromatic rings. The first-order valence-electron chi connectivity index (χ1n) is 8.50. The monoisotopic (exact) mass is 358 g/mol. The summed E-state index contributed by atoms with van der Waals surface area (Å²) in [7, 11) is 0. The normalized spacial score (nSPS) is 23.2. The molecule has 6 nitrogen and oxygen atoms in total. The topological polar surface area (TPSA) is 62.9 Å². The Bertz CT molecular complexity index is 863. The van der Waals surface area contributed by atoms with E-state index in [1.54, 1.807) is 0 Å². The highest BCUT2D eigenvalue weighted by Gasteiger charge is 2.33. The van der Waals surface area contributed by atoms with Crippen molar-refractivity contribution in [2.45, 2.75) is 39.0 Å². The zero-order valence-corrected chi connectivity index (χ0v) is 15.4. The number of benzene rings is 1. The van der Waals surface area contributed by atoms with Gasteiger partial charge in [-0.3, -0.25) is 4.90 Å². The molecule has 7 heteroatoms. The van der Waals surface area contributed by atoms with Gasteiger partial charge >= 0.3 is 0 Å². The Morgan fingerprint density at radius 1 is 1.20 bits per heavy atom. The fourth-order valence-electron chi connectivity index (χ4n) is 3.58. The maximum atomic E-state index is 10.7. The molecule has 1 aromatic carbocycles. The molecule has 1 N–H and O–H groups in total. The van der Waals surface area contributed by atoms with Gasteiger partial charge in [0.1, 0.15) is 6.33 Å². The molecular weight excluding hydrogens is 336 g/mol. The minimum atomic E-state index is -0.0390. The molecule has 0 saturated carbocycles. The van der Waals surface area contributed by atoms with Gasteiger partial charge in [-0.05, 0) is 26.3 Å². The van der Waals surface area contributed by atoms with Gasteiger partial charge in [0.2, 0.25) is 10.8 Å². The van der Waals surface area contributed by atoms with Gasteiger partial charge in [-0.2, -0.15) is 9.61 Å². The van der Waals surface area contributed by atoms with Crippen molar-refractivity contribution in [3.8, 4) is 5.88 Å². The maximum Gasteiger partial charge on any atom is 0.230 e. The number of aromatic nitrogens is 3. The van der Waals surface area contributed by atoms with Crippen molar-refractivity contribution >= 4 is 16.3 Å². The van der Waals surface area contributed by atoms with Crippen molar-refractivity contribution in [3.63, 3.8) is 0 Å². The Morgan fingerprint density at radius 2 is 1.88 bits per heavy atom. The van der Waals surface area contributed by atoms with Crippen LogP contribution in [0.1, 0.15) is 35.9 Å². The highest BCUT2D eigenvalue weighted by molar-refractivity contribution is 7.17. The van der Waals surface area contributed by atoms with E-state index in [0.717, 1.165) is 23.5 Å². The number of nitrogens with zero attached hydrogens (tertiary/aromatic N) is 4. The highest BCUT2D eigenvalue weighted by Crippen LogP contribution is 2.40. The minimum absolute atomic E-state index is 0.0390. The molecule has 1 aliphatic rings. The quantitative estimate of drug-likeness (QED) is 0.780. The summed E-state index contributed by atoms with van der Waals surface area (Å²) in [6.45, 7) is 7.90. The zero-order chi connectivity index (χ0) is 17.6. The molecular formula is C18H22N4O2S. The molecule has 3 heterocycles. The van der Waals surface area contributed by atoms with Crippen LogP contribution in [-0.2, 0) is 4.74 Å². The van der Waals surface area contributed by atoms with E-state index in [1.807, 2.05) is 0 Å². The molecule has 1 fully saturated rings.